The zero-order chi connectivity index (χ0) is 23.8. The van der Waals surface area contributed by atoms with Crippen molar-refractivity contribution in [2.45, 2.75) is 51.5 Å². The first-order valence-corrected chi connectivity index (χ1v) is 11.6. The number of alkyl carbamates (subject to hydrolysis) is 1. The average Bonchev–Trinajstić information content (AvgIpc) is 3.13. The van der Waals surface area contributed by atoms with Gasteiger partial charge in [0.15, 0.2) is 0 Å². The maximum atomic E-state index is 12.6. The average molecular weight is 453 g/mol. The lowest BCUT2D eigenvalue weighted by molar-refractivity contribution is -0.142. The molecule has 176 valence electrons. The molecule has 2 aromatic rings. The van der Waals surface area contributed by atoms with Crippen molar-refractivity contribution in [1.82, 2.24) is 10.6 Å². The van der Waals surface area contributed by atoms with Crippen LogP contribution >= 0.6 is 0 Å². The molecule has 0 radical (unpaired) electrons. The van der Waals surface area contributed by atoms with Crippen molar-refractivity contribution >= 4 is 18.0 Å². The molecule has 0 bridgehead atoms. The third kappa shape index (κ3) is 5.92. The van der Waals surface area contributed by atoms with Gasteiger partial charge >= 0.3 is 12.1 Å². The number of aliphatic carboxylic acids is 1. The minimum atomic E-state index is -1.05. The van der Waals surface area contributed by atoms with E-state index >= 15 is 0 Å². The maximum absolute atomic E-state index is 12.6. The zero-order valence-corrected chi connectivity index (χ0v) is 19.2. The highest BCUT2D eigenvalue weighted by molar-refractivity contribution is 5.85. The fraction of sp³-hybridized carbons (Fsp3) is 0.423. The summed E-state index contributed by atoms with van der Waals surface area (Å²) >= 11 is 0. The third-order valence-electron chi connectivity index (χ3n) is 6.04. The van der Waals surface area contributed by atoms with Crippen LogP contribution in [0, 0.1) is 5.92 Å². The van der Waals surface area contributed by atoms with Gasteiger partial charge in [-0.2, -0.15) is 0 Å². The van der Waals surface area contributed by atoms with Crippen molar-refractivity contribution in [2.75, 3.05) is 13.2 Å². The molecule has 2 amide bonds. The minimum absolute atomic E-state index is 0.0387. The van der Waals surface area contributed by atoms with Crippen molar-refractivity contribution in [2.24, 2.45) is 5.92 Å². The Morgan fingerprint density at radius 1 is 0.939 bits per heavy atom. The highest BCUT2D eigenvalue weighted by Crippen LogP contribution is 2.44. The molecule has 0 heterocycles. The number of nitrogens with one attached hydrogen (secondary N) is 2. The lowest BCUT2D eigenvalue weighted by Gasteiger charge is -2.20. The zero-order valence-electron chi connectivity index (χ0n) is 19.2. The number of rotatable bonds is 11. The van der Waals surface area contributed by atoms with Crippen molar-refractivity contribution < 1.29 is 24.2 Å². The molecule has 0 saturated heterocycles. The Labute approximate surface area is 194 Å². The van der Waals surface area contributed by atoms with Gasteiger partial charge < -0.3 is 20.5 Å². The SMILES string of the molecule is CCCC(CNC(=O)OCC1c2ccccc2-c2ccccc21)C(=O)N[C@@H](CCC)C(=O)O. The van der Waals surface area contributed by atoms with E-state index in [1.807, 2.05) is 38.1 Å². The number of fused-ring (bicyclic) bond motifs is 3. The van der Waals surface area contributed by atoms with Crippen molar-refractivity contribution in [3.05, 3.63) is 59.7 Å². The molecule has 0 spiro atoms. The number of hydrogen-bond donors (Lipinski definition) is 3. The van der Waals surface area contributed by atoms with Crippen molar-refractivity contribution in [1.29, 1.82) is 0 Å². The second-order valence-electron chi connectivity index (χ2n) is 8.38. The number of ether oxygens (including phenoxy) is 1. The lowest BCUT2D eigenvalue weighted by atomic mass is 9.98. The number of benzene rings is 2. The highest BCUT2D eigenvalue weighted by Gasteiger charge is 2.29. The molecule has 0 aromatic heterocycles. The molecular weight excluding hydrogens is 420 g/mol. The largest absolute Gasteiger partial charge is 0.480 e. The molecule has 7 nitrogen and oxygen atoms in total. The second-order valence-corrected chi connectivity index (χ2v) is 8.38. The summed E-state index contributed by atoms with van der Waals surface area (Å²) in [5.74, 6) is -1.97. The van der Waals surface area contributed by atoms with Crippen LogP contribution in [0.25, 0.3) is 11.1 Å². The summed E-state index contributed by atoms with van der Waals surface area (Å²) in [4.78, 5) is 36.4. The van der Waals surface area contributed by atoms with Crippen LogP contribution in [-0.4, -0.2) is 42.3 Å². The van der Waals surface area contributed by atoms with Crippen LogP contribution in [0.4, 0.5) is 4.79 Å². The number of hydrogen-bond acceptors (Lipinski definition) is 4. The van der Waals surface area contributed by atoms with Gasteiger partial charge in [-0.1, -0.05) is 75.2 Å². The number of carbonyl (C=O) groups excluding carboxylic acids is 2. The summed E-state index contributed by atoms with van der Waals surface area (Å²) in [7, 11) is 0. The van der Waals surface area contributed by atoms with Crippen LogP contribution in [0.5, 0.6) is 0 Å². The first kappa shape index (κ1) is 24.3. The van der Waals surface area contributed by atoms with Crippen LogP contribution in [0.15, 0.2) is 48.5 Å². The smallest absolute Gasteiger partial charge is 0.407 e. The van der Waals surface area contributed by atoms with Gasteiger partial charge in [0.1, 0.15) is 12.6 Å². The molecule has 3 rings (SSSR count). The van der Waals surface area contributed by atoms with E-state index in [4.69, 9.17) is 4.74 Å². The van der Waals surface area contributed by atoms with Crippen LogP contribution in [0.3, 0.4) is 0 Å². The number of amides is 2. The number of carboxylic acid groups (broad SMARTS) is 1. The minimum Gasteiger partial charge on any atom is -0.480 e. The van der Waals surface area contributed by atoms with E-state index < -0.39 is 24.0 Å². The lowest BCUT2D eigenvalue weighted by Crippen LogP contribution is -2.46. The summed E-state index contributed by atoms with van der Waals surface area (Å²) in [6.07, 6.45) is 1.69. The fourth-order valence-electron chi connectivity index (χ4n) is 4.37. The van der Waals surface area contributed by atoms with E-state index in [9.17, 15) is 19.5 Å². The van der Waals surface area contributed by atoms with Crippen molar-refractivity contribution in [3.63, 3.8) is 0 Å². The summed E-state index contributed by atoms with van der Waals surface area (Å²) in [5.41, 5.74) is 4.57. The Hall–Kier alpha value is -3.35. The van der Waals surface area contributed by atoms with E-state index in [1.165, 1.54) is 0 Å². The molecule has 1 unspecified atom stereocenters. The number of carbonyl (C=O) groups is 3. The van der Waals surface area contributed by atoms with Gasteiger partial charge in [-0.3, -0.25) is 4.79 Å². The predicted octanol–water partition coefficient (Wildman–Crippen LogP) is 4.31. The molecule has 0 aliphatic heterocycles. The van der Waals surface area contributed by atoms with E-state index in [0.29, 0.717) is 19.3 Å². The fourth-order valence-corrected chi connectivity index (χ4v) is 4.37. The predicted molar refractivity (Wildman–Crippen MR) is 126 cm³/mol. The van der Waals surface area contributed by atoms with Gasteiger partial charge in [-0.25, -0.2) is 9.59 Å². The monoisotopic (exact) mass is 452 g/mol. The molecule has 7 heteroatoms. The molecule has 0 saturated carbocycles. The van der Waals surface area contributed by atoms with E-state index in [2.05, 4.69) is 34.9 Å². The van der Waals surface area contributed by atoms with E-state index in [1.54, 1.807) is 0 Å². The van der Waals surface area contributed by atoms with Crippen LogP contribution in [-0.2, 0) is 14.3 Å². The molecule has 3 N–H and O–H groups in total. The second kappa shape index (κ2) is 11.5. The van der Waals surface area contributed by atoms with Gasteiger partial charge in [0.2, 0.25) is 5.91 Å². The van der Waals surface area contributed by atoms with E-state index in [-0.39, 0.29) is 25.0 Å². The van der Waals surface area contributed by atoms with Gasteiger partial charge in [0, 0.05) is 12.5 Å². The summed E-state index contributed by atoms with van der Waals surface area (Å²) in [6.45, 7) is 4.09. The van der Waals surface area contributed by atoms with Crippen LogP contribution in [0.2, 0.25) is 0 Å². The van der Waals surface area contributed by atoms with Crippen LogP contribution < -0.4 is 10.6 Å². The third-order valence-corrected chi connectivity index (χ3v) is 6.04. The molecule has 1 aliphatic rings. The molecule has 0 fully saturated rings. The quantitative estimate of drug-likeness (QED) is 0.471. The van der Waals surface area contributed by atoms with Crippen LogP contribution in [0.1, 0.15) is 56.6 Å². The van der Waals surface area contributed by atoms with E-state index in [0.717, 1.165) is 28.7 Å². The molecule has 2 aromatic carbocycles. The van der Waals surface area contributed by atoms with Gasteiger partial charge in [0.25, 0.3) is 0 Å². The summed E-state index contributed by atoms with van der Waals surface area (Å²) in [5, 5.41) is 14.6. The topological polar surface area (TPSA) is 105 Å². The normalized spacial score (nSPS) is 14.0. The first-order valence-electron chi connectivity index (χ1n) is 11.6. The maximum Gasteiger partial charge on any atom is 0.407 e. The van der Waals surface area contributed by atoms with Gasteiger partial charge in [-0.15, -0.1) is 0 Å². The number of carboxylic acids is 1. The standard InChI is InChI=1S/C26H32N2O5/c1-3-9-17(24(29)28-23(10-4-2)25(30)31)15-27-26(32)33-16-22-20-13-7-5-11-18(20)19-12-6-8-14-21(19)22/h5-8,11-14,17,22-23H,3-4,9-10,15-16H2,1-2H3,(H,27,32)(H,28,29)(H,30,31)/t17?,23-/m0/s1. The Morgan fingerprint density at radius 3 is 2.06 bits per heavy atom. The van der Waals surface area contributed by atoms with Gasteiger partial charge in [-0.05, 0) is 35.1 Å². The first-order chi connectivity index (χ1) is 16.0. The highest BCUT2D eigenvalue weighted by atomic mass is 16.5. The Morgan fingerprint density at radius 2 is 1.52 bits per heavy atom. The Kier molecular flexibility index (Phi) is 8.46. The molecule has 2 atom stereocenters. The molecule has 1 aliphatic carbocycles. The molecular formula is C26H32N2O5. The van der Waals surface area contributed by atoms with Gasteiger partial charge in [0.05, 0.1) is 5.92 Å². The Bertz CT molecular complexity index is 945. The summed E-state index contributed by atoms with van der Waals surface area (Å²) in [6, 6.07) is 15.3. The summed E-state index contributed by atoms with van der Waals surface area (Å²) < 4.78 is 5.53. The Balaban J connectivity index is 1.57. The molecule has 33 heavy (non-hydrogen) atoms. The van der Waals surface area contributed by atoms with Crippen molar-refractivity contribution in [3.8, 4) is 11.1 Å².